The van der Waals surface area contributed by atoms with Gasteiger partial charge in [-0.05, 0) is 12.8 Å². The lowest BCUT2D eigenvalue weighted by atomic mass is 10.1. The second kappa shape index (κ2) is 5.21. The minimum absolute atomic E-state index is 0.276. The van der Waals surface area contributed by atoms with Crippen LogP contribution in [0.25, 0.3) is 0 Å². The van der Waals surface area contributed by atoms with E-state index in [0.29, 0.717) is 17.7 Å². The van der Waals surface area contributed by atoms with Crippen LogP contribution in [0.3, 0.4) is 0 Å². The van der Waals surface area contributed by atoms with Crippen LogP contribution in [0, 0.1) is 5.92 Å². The number of hydrogen-bond acceptors (Lipinski definition) is 4. The van der Waals surface area contributed by atoms with E-state index in [0.717, 1.165) is 5.82 Å². The van der Waals surface area contributed by atoms with Gasteiger partial charge in [-0.2, -0.15) is 0 Å². The minimum Gasteiger partial charge on any atom is -0.388 e. The normalized spacial score (nSPS) is 12.6. The highest BCUT2D eigenvalue weighted by Gasteiger charge is 2.14. The third kappa shape index (κ3) is 2.88. The molecule has 0 radical (unpaired) electrons. The van der Waals surface area contributed by atoms with Gasteiger partial charge in [-0.3, -0.25) is 0 Å². The first-order valence-electron chi connectivity index (χ1n) is 5.28. The summed E-state index contributed by atoms with van der Waals surface area (Å²) in [5.41, 5.74) is 6.02. The van der Waals surface area contributed by atoms with Gasteiger partial charge in [-0.15, -0.1) is 0 Å². The van der Waals surface area contributed by atoms with E-state index in [1.54, 1.807) is 12.4 Å². The average Bonchev–Trinajstić information content (AvgIpc) is 2.27. The van der Waals surface area contributed by atoms with Crippen LogP contribution >= 0.6 is 12.2 Å². The number of aromatic nitrogens is 2. The van der Waals surface area contributed by atoms with Gasteiger partial charge in [0.2, 0.25) is 0 Å². The van der Waals surface area contributed by atoms with Crippen LogP contribution < -0.4 is 10.6 Å². The maximum atomic E-state index is 5.46. The Morgan fingerprint density at radius 3 is 2.31 bits per heavy atom. The zero-order valence-electron chi connectivity index (χ0n) is 10.1. The number of nitrogens with zero attached hydrogens (tertiary/aromatic N) is 3. The smallest absolute Gasteiger partial charge is 0.147 e. The first-order valence-corrected chi connectivity index (χ1v) is 5.69. The summed E-state index contributed by atoms with van der Waals surface area (Å²) >= 11 is 4.83. The molecule has 0 fully saturated rings. The molecule has 16 heavy (non-hydrogen) atoms. The Morgan fingerprint density at radius 1 is 1.31 bits per heavy atom. The van der Waals surface area contributed by atoms with Gasteiger partial charge in [0.1, 0.15) is 16.5 Å². The van der Waals surface area contributed by atoms with Gasteiger partial charge in [0, 0.05) is 13.1 Å². The van der Waals surface area contributed by atoms with Gasteiger partial charge in [-0.25, -0.2) is 9.97 Å². The van der Waals surface area contributed by atoms with Crippen molar-refractivity contribution in [3.05, 3.63) is 18.1 Å². The molecule has 0 saturated carbocycles. The molecule has 0 aliphatic carbocycles. The molecule has 0 bridgehead atoms. The lowest BCUT2D eigenvalue weighted by Gasteiger charge is -2.28. The van der Waals surface area contributed by atoms with Crippen molar-refractivity contribution in [2.45, 2.75) is 26.8 Å². The van der Waals surface area contributed by atoms with Crippen molar-refractivity contribution in [1.29, 1.82) is 0 Å². The van der Waals surface area contributed by atoms with Gasteiger partial charge in [0.05, 0.1) is 12.4 Å². The van der Waals surface area contributed by atoms with Crippen molar-refractivity contribution in [2.24, 2.45) is 11.7 Å². The fraction of sp³-hybridized carbons (Fsp3) is 0.545. The molecule has 0 spiro atoms. The molecule has 4 nitrogen and oxygen atoms in total. The third-order valence-electron chi connectivity index (χ3n) is 2.83. The quantitative estimate of drug-likeness (QED) is 0.807. The number of nitrogens with two attached hydrogens (primary N) is 1. The summed E-state index contributed by atoms with van der Waals surface area (Å²) in [7, 11) is 2.01. The molecule has 0 aliphatic heterocycles. The van der Waals surface area contributed by atoms with Crippen molar-refractivity contribution in [1.82, 2.24) is 9.97 Å². The topological polar surface area (TPSA) is 55.0 Å². The predicted molar refractivity (Wildman–Crippen MR) is 70.6 cm³/mol. The lowest BCUT2D eigenvalue weighted by Crippen LogP contribution is -2.33. The van der Waals surface area contributed by atoms with Gasteiger partial charge in [-0.1, -0.05) is 26.1 Å². The van der Waals surface area contributed by atoms with E-state index in [1.165, 1.54) is 0 Å². The summed E-state index contributed by atoms with van der Waals surface area (Å²) in [5, 5.41) is 0. The molecule has 2 N–H and O–H groups in total. The standard InChI is InChI=1S/C11H18N4S/c1-7(2)8(3)15(4)10-6-13-9(5-14-10)11(12)16/h5-8H,1-4H3,(H2,12,16). The van der Waals surface area contributed by atoms with E-state index in [2.05, 4.69) is 35.6 Å². The number of thiocarbonyl (C=S) groups is 1. The van der Waals surface area contributed by atoms with E-state index in [4.69, 9.17) is 18.0 Å². The van der Waals surface area contributed by atoms with Crippen LogP contribution in [0.2, 0.25) is 0 Å². The summed E-state index contributed by atoms with van der Waals surface area (Å²) in [6.45, 7) is 6.52. The summed E-state index contributed by atoms with van der Waals surface area (Å²) in [5.74, 6) is 1.39. The molecule has 0 aromatic carbocycles. The van der Waals surface area contributed by atoms with Gasteiger partial charge < -0.3 is 10.6 Å². The molecule has 1 aromatic rings. The van der Waals surface area contributed by atoms with Gasteiger partial charge >= 0.3 is 0 Å². The van der Waals surface area contributed by atoms with E-state index in [9.17, 15) is 0 Å². The largest absolute Gasteiger partial charge is 0.388 e. The molecular formula is C11H18N4S. The second-order valence-corrected chi connectivity index (χ2v) is 4.66. The molecular weight excluding hydrogens is 220 g/mol. The van der Waals surface area contributed by atoms with Crippen molar-refractivity contribution in [3.63, 3.8) is 0 Å². The highest BCUT2D eigenvalue weighted by molar-refractivity contribution is 7.80. The zero-order valence-corrected chi connectivity index (χ0v) is 11.0. The highest BCUT2D eigenvalue weighted by Crippen LogP contribution is 2.15. The van der Waals surface area contributed by atoms with E-state index in [1.807, 2.05) is 7.05 Å². The summed E-state index contributed by atoms with van der Waals surface area (Å²) in [6.07, 6.45) is 3.31. The Hall–Kier alpha value is -1.23. The predicted octanol–water partition coefficient (Wildman–Crippen LogP) is 1.59. The Bertz CT molecular complexity index is 361. The maximum absolute atomic E-state index is 5.46. The van der Waals surface area contributed by atoms with E-state index < -0.39 is 0 Å². The van der Waals surface area contributed by atoms with E-state index in [-0.39, 0.29) is 4.99 Å². The summed E-state index contributed by atoms with van der Waals surface area (Å²) < 4.78 is 0. The van der Waals surface area contributed by atoms with Gasteiger partial charge in [0.15, 0.2) is 0 Å². The fourth-order valence-corrected chi connectivity index (χ4v) is 1.39. The maximum Gasteiger partial charge on any atom is 0.147 e. The monoisotopic (exact) mass is 238 g/mol. The van der Waals surface area contributed by atoms with Crippen molar-refractivity contribution in [2.75, 3.05) is 11.9 Å². The molecule has 1 rings (SSSR count). The van der Waals surface area contributed by atoms with Crippen LogP contribution in [0.5, 0.6) is 0 Å². The Kier molecular flexibility index (Phi) is 4.18. The Balaban J connectivity index is 2.85. The van der Waals surface area contributed by atoms with Crippen LogP contribution in [0.1, 0.15) is 26.5 Å². The molecule has 1 atom stereocenters. The average molecular weight is 238 g/mol. The number of rotatable bonds is 4. The van der Waals surface area contributed by atoms with Crippen molar-refractivity contribution in [3.8, 4) is 0 Å². The third-order valence-corrected chi connectivity index (χ3v) is 3.04. The van der Waals surface area contributed by atoms with Crippen molar-refractivity contribution < 1.29 is 0 Å². The second-order valence-electron chi connectivity index (χ2n) is 4.22. The number of anilines is 1. The Morgan fingerprint density at radius 2 is 1.94 bits per heavy atom. The lowest BCUT2D eigenvalue weighted by molar-refractivity contribution is 0.502. The summed E-state index contributed by atoms with van der Waals surface area (Å²) in [4.78, 5) is 10.8. The van der Waals surface area contributed by atoms with Crippen LogP contribution in [-0.4, -0.2) is 28.0 Å². The first kappa shape index (κ1) is 12.8. The van der Waals surface area contributed by atoms with Crippen LogP contribution in [0.4, 0.5) is 5.82 Å². The molecule has 0 saturated heterocycles. The molecule has 0 aliphatic rings. The van der Waals surface area contributed by atoms with Gasteiger partial charge in [0.25, 0.3) is 0 Å². The first-order chi connectivity index (χ1) is 7.43. The molecule has 0 amide bonds. The summed E-state index contributed by atoms with van der Waals surface area (Å²) in [6, 6.07) is 0.407. The molecule has 1 aromatic heterocycles. The molecule has 1 unspecified atom stereocenters. The molecule has 1 heterocycles. The fourth-order valence-electron chi connectivity index (χ4n) is 1.29. The van der Waals surface area contributed by atoms with Crippen molar-refractivity contribution >= 4 is 23.0 Å². The van der Waals surface area contributed by atoms with Crippen LogP contribution in [-0.2, 0) is 0 Å². The zero-order chi connectivity index (χ0) is 12.3. The van der Waals surface area contributed by atoms with Crippen LogP contribution in [0.15, 0.2) is 12.4 Å². The number of hydrogen-bond donors (Lipinski definition) is 1. The van der Waals surface area contributed by atoms with E-state index >= 15 is 0 Å². The Labute approximate surface area is 102 Å². The minimum atomic E-state index is 0.276. The highest BCUT2D eigenvalue weighted by atomic mass is 32.1. The molecule has 5 heteroatoms. The SMILES string of the molecule is CC(C)C(C)N(C)c1cnc(C(N)=S)cn1. The molecule has 88 valence electrons.